The molecule has 0 aliphatic rings. The van der Waals surface area contributed by atoms with Crippen LogP contribution in [0, 0.1) is 0 Å². The zero-order chi connectivity index (χ0) is 13.3. The van der Waals surface area contributed by atoms with Gasteiger partial charge >= 0.3 is 5.97 Å². The lowest BCUT2D eigenvalue weighted by atomic mass is 10.3. The van der Waals surface area contributed by atoms with Gasteiger partial charge in [-0.25, -0.2) is 0 Å². The number of carbonyl (C=O) groups is 2. The Morgan fingerprint density at radius 3 is 2.00 bits per heavy atom. The van der Waals surface area contributed by atoms with Gasteiger partial charge in [-0.2, -0.15) is 0 Å². The molecule has 1 amide bonds. The maximum Gasteiger partial charge on any atom is 0.319 e. The Hall–Kier alpha value is -1.10. The minimum Gasteiger partial charge on any atom is -0.468 e. The molecule has 0 saturated carbocycles. The molecular formula is C12H24N2O3. The Morgan fingerprint density at radius 1 is 1.06 bits per heavy atom. The third-order valence-corrected chi connectivity index (χ3v) is 2.37. The molecular weight excluding hydrogens is 220 g/mol. The average molecular weight is 244 g/mol. The molecule has 0 heterocycles. The first-order valence-electron chi connectivity index (χ1n) is 6.08. The highest BCUT2D eigenvalue weighted by atomic mass is 16.5. The summed E-state index contributed by atoms with van der Waals surface area (Å²) in [6.07, 6.45) is 1.90. The molecule has 0 radical (unpaired) electrons. The fraction of sp³-hybridized carbons (Fsp3) is 0.833. The van der Waals surface area contributed by atoms with Gasteiger partial charge in [-0.15, -0.1) is 0 Å². The summed E-state index contributed by atoms with van der Waals surface area (Å²) in [5.41, 5.74) is 0. The minimum absolute atomic E-state index is 0.0695. The molecule has 0 atom stereocenters. The number of hydrogen-bond donors (Lipinski definition) is 0. The van der Waals surface area contributed by atoms with E-state index < -0.39 is 0 Å². The van der Waals surface area contributed by atoms with Gasteiger partial charge in [0.2, 0.25) is 5.91 Å². The van der Waals surface area contributed by atoms with E-state index in [1.54, 1.807) is 11.9 Å². The van der Waals surface area contributed by atoms with E-state index in [4.69, 9.17) is 0 Å². The summed E-state index contributed by atoms with van der Waals surface area (Å²) in [6.45, 7) is 6.06. The standard InChI is InChI=1S/C12H24N2O3/c1-5-7-14(8-6-2)11(15)9-13(3)10-12(16)17-4/h5-10H2,1-4H3. The molecule has 0 spiro atoms. The molecule has 0 aromatic rings. The third kappa shape index (κ3) is 6.94. The summed E-state index contributed by atoms with van der Waals surface area (Å²) in [7, 11) is 3.09. The van der Waals surface area contributed by atoms with Crippen molar-refractivity contribution in [2.24, 2.45) is 0 Å². The quantitative estimate of drug-likeness (QED) is 0.591. The predicted molar refractivity (Wildman–Crippen MR) is 66.7 cm³/mol. The van der Waals surface area contributed by atoms with Crippen LogP contribution in [0.25, 0.3) is 0 Å². The lowest BCUT2D eigenvalue weighted by Crippen LogP contribution is -2.41. The Bertz CT molecular complexity index is 238. The van der Waals surface area contributed by atoms with Gasteiger partial charge in [0.1, 0.15) is 0 Å². The van der Waals surface area contributed by atoms with Crippen LogP contribution < -0.4 is 0 Å². The second kappa shape index (κ2) is 8.98. The van der Waals surface area contributed by atoms with Gasteiger partial charge in [0.15, 0.2) is 0 Å². The number of rotatable bonds is 8. The van der Waals surface area contributed by atoms with E-state index in [0.29, 0.717) is 0 Å². The van der Waals surface area contributed by atoms with Crippen molar-refractivity contribution in [3.05, 3.63) is 0 Å². The zero-order valence-electron chi connectivity index (χ0n) is 11.4. The van der Waals surface area contributed by atoms with Crippen molar-refractivity contribution in [2.45, 2.75) is 26.7 Å². The van der Waals surface area contributed by atoms with Crippen molar-refractivity contribution in [3.63, 3.8) is 0 Å². The molecule has 0 bridgehead atoms. The van der Waals surface area contributed by atoms with Crippen LogP contribution in [0.2, 0.25) is 0 Å². The third-order valence-electron chi connectivity index (χ3n) is 2.37. The number of carbonyl (C=O) groups excluding carboxylic acids is 2. The van der Waals surface area contributed by atoms with Gasteiger partial charge < -0.3 is 9.64 Å². The first-order valence-corrected chi connectivity index (χ1v) is 6.08. The van der Waals surface area contributed by atoms with Crippen LogP contribution in [-0.2, 0) is 14.3 Å². The molecule has 0 N–H and O–H groups in total. The van der Waals surface area contributed by atoms with Gasteiger partial charge in [0.05, 0.1) is 20.2 Å². The summed E-state index contributed by atoms with van der Waals surface area (Å²) < 4.78 is 4.55. The van der Waals surface area contributed by atoms with Crippen LogP contribution in [0.15, 0.2) is 0 Å². The van der Waals surface area contributed by atoms with Crippen LogP contribution in [0.4, 0.5) is 0 Å². The van der Waals surface area contributed by atoms with Crippen LogP contribution >= 0.6 is 0 Å². The Balaban J connectivity index is 4.14. The van der Waals surface area contributed by atoms with Crippen molar-refractivity contribution in [2.75, 3.05) is 40.3 Å². The molecule has 0 fully saturated rings. The van der Waals surface area contributed by atoms with Crippen LogP contribution in [0.1, 0.15) is 26.7 Å². The fourth-order valence-electron chi connectivity index (χ4n) is 1.57. The molecule has 100 valence electrons. The first kappa shape index (κ1) is 15.9. The predicted octanol–water partition coefficient (Wildman–Crippen LogP) is 0.740. The first-order chi connectivity index (χ1) is 8.04. The molecule has 0 aromatic carbocycles. The normalized spacial score (nSPS) is 10.4. The van der Waals surface area contributed by atoms with Crippen molar-refractivity contribution < 1.29 is 14.3 Å². The topological polar surface area (TPSA) is 49.9 Å². The van der Waals surface area contributed by atoms with E-state index in [-0.39, 0.29) is 25.0 Å². The monoisotopic (exact) mass is 244 g/mol. The molecule has 0 unspecified atom stereocenters. The highest BCUT2D eigenvalue weighted by Crippen LogP contribution is 1.97. The molecule has 0 saturated heterocycles. The van der Waals surface area contributed by atoms with E-state index >= 15 is 0 Å². The van der Waals surface area contributed by atoms with Crippen LogP contribution in [-0.4, -0.2) is 62.0 Å². The highest BCUT2D eigenvalue weighted by Gasteiger charge is 2.15. The summed E-state index contributed by atoms with van der Waals surface area (Å²) in [4.78, 5) is 26.5. The highest BCUT2D eigenvalue weighted by molar-refractivity contribution is 5.79. The van der Waals surface area contributed by atoms with Crippen molar-refractivity contribution >= 4 is 11.9 Å². The van der Waals surface area contributed by atoms with E-state index in [9.17, 15) is 9.59 Å². The number of methoxy groups -OCH3 is 1. The number of amides is 1. The number of nitrogens with zero attached hydrogens (tertiary/aromatic N) is 2. The maximum absolute atomic E-state index is 11.9. The average Bonchev–Trinajstić information content (AvgIpc) is 2.28. The van der Waals surface area contributed by atoms with Gasteiger partial charge in [-0.1, -0.05) is 13.8 Å². The second-order valence-electron chi connectivity index (χ2n) is 4.13. The van der Waals surface area contributed by atoms with Crippen LogP contribution in [0.5, 0.6) is 0 Å². The summed E-state index contributed by atoms with van der Waals surface area (Å²) in [5.74, 6) is -0.252. The molecule has 5 heteroatoms. The van der Waals surface area contributed by atoms with Gasteiger partial charge in [-0.3, -0.25) is 14.5 Å². The molecule has 0 aromatic heterocycles. The number of esters is 1. The van der Waals surface area contributed by atoms with E-state index in [0.717, 1.165) is 25.9 Å². The molecule has 0 aliphatic heterocycles. The van der Waals surface area contributed by atoms with Gasteiger partial charge in [0, 0.05) is 13.1 Å². The molecule has 0 aliphatic carbocycles. The molecule has 0 rings (SSSR count). The Morgan fingerprint density at radius 2 is 1.59 bits per heavy atom. The van der Waals surface area contributed by atoms with Crippen molar-refractivity contribution in [1.29, 1.82) is 0 Å². The SMILES string of the molecule is CCCN(CCC)C(=O)CN(C)CC(=O)OC. The van der Waals surface area contributed by atoms with Gasteiger partial charge in [0.25, 0.3) is 0 Å². The number of ether oxygens (including phenoxy) is 1. The van der Waals surface area contributed by atoms with Crippen molar-refractivity contribution in [3.8, 4) is 0 Å². The second-order valence-corrected chi connectivity index (χ2v) is 4.13. The number of hydrogen-bond acceptors (Lipinski definition) is 4. The lowest BCUT2D eigenvalue weighted by molar-refractivity contribution is -0.142. The summed E-state index contributed by atoms with van der Waals surface area (Å²) in [5, 5.41) is 0. The summed E-state index contributed by atoms with van der Waals surface area (Å²) >= 11 is 0. The largest absolute Gasteiger partial charge is 0.468 e. The lowest BCUT2D eigenvalue weighted by Gasteiger charge is -2.24. The maximum atomic E-state index is 11.9. The van der Waals surface area contributed by atoms with E-state index in [2.05, 4.69) is 4.74 Å². The van der Waals surface area contributed by atoms with E-state index in [1.807, 2.05) is 18.7 Å². The van der Waals surface area contributed by atoms with Crippen LogP contribution in [0.3, 0.4) is 0 Å². The fourth-order valence-corrected chi connectivity index (χ4v) is 1.57. The van der Waals surface area contributed by atoms with Crippen molar-refractivity contribution in [1.82, 2.24) is 9.80 Å². The van der Waals surface area contributed by atoms with E-state index in [1.165, 1.54) is 7.11 Å². The Kier molecular flexibility index (Phi) is 8.40. The smallest absolute Gasteiger partial charge is 0.319 e. The minimum atomic E-state index is -0.321. The Labute approximate surface area is 104 Å². The van der Waals surface area contributed by atoms with Gasteiger partial charge in [-0.05, 0) is 19.9 Å². The molecule has 17 heavy (non-hydrogen) atoms. The summed E-state index contributed by atoms with van der Waals surface area (Å²) in [6, 6.07) is 0. The number of likely N-dealkylation sites (N-methyl/N-ethyl adjacent to an activating group) is 1. The zero-order valence-corrected chi connectivity index (χ0v) is 11.4. The molecule has 5 nitrogen and oxygen atoms in total.